The van der Waals surface area contributed by atoms with E-state index in [1.807, 2.05) is 36.1 Å². The van der Waals surface area contributed by atoms with E-state index in [0.717, 1.165) is 48.5 Å². The third-order valence-corrected chi connectivity index (χ3v) is 6.77. The number of hydrogen-bond donors (Lipinski definition) is 1. The molecule has 2 heterocycles. The molecule has 0 spiro atoms. The lowest BCUT2D eigenvalue weighted by Gasteiger charge is -2.28. The third-order valence-electron chi connectivity index (χ3n) is 6.52. The number of aromatic nitrogens is 3. The number of halogens is 2. The zero-order valence-electron chi connectivity index (χ0n) is 17.9. The van der Waals surface area contributed by atoms with Gasteiger partial charge in [-0.1, -0.05) is 35.9 Å². The molecule has 1 aliphatic carbocycles. The van der Waals surface area contributed by atoms with Crippen LogP contribution in [-0.4, -0.2) is 32.2 Å². The molecule has 1 aromatic heterocycles. The van der Waals surface area contributed by atoms with Crippen molar-refractivity contribution in [1.29, 1.82) is 0 Å². The first kappa shape index (κ1) is 20.9. The van der Waals surface area contributed by atoms with Crippen LogP contribution in [-0.2, 0) is 12.1 Å². The molecule has 166 valence electrons. The van der Waals surface area contributed by atoms with Gasteiger partial charge >= 0.3 is 6.03 Å². The Morgan fingerprint density at radius 3 is 2.56 bits per heavy atom. The number of hydrogen-bond acceptors (Lipinski definition) is 3. The zero-order chi connectivity index (χ0) is 22.3. The molecule has 2 amide bonds. The topological polar surface area (TPSA) is 63.1 Å². The Labute approximate surface area is 191 Å². The molecule has 1 saturated carbocycles. The van der Waals surface area contributed by atoms with Crippen LogP contribution in [0.25, 0.3) is 0 Å². The summed E-state index contributed by atoms with van der Waals surface area (Å²) in [6.45, 7) is 3.22. The van der Waals surface area contributed by atoms with Crippen LogP contribution in [0.15, 0.2) is 48.5 Å². The summed E-state index contributed by atoms with van der Waals surface area (Å²) < 4.78 is 15.4. The van der Waals surface area contributed by atoms with Gasteiger partial charge in [0, 0.05) is 11.6 Å². The van der Waals surface area contributed by atoms with E-state index in [2.05, 4.69) is 20.1 Å². The maximum Gasteiger partial charge on any atom is 0.318 e. The van der Waals surface area contributed by atoms with E-state index in [9.17, 15) is 9.18 Å². The van der Waals surface area contributed by atoms with Crippen molar-refractivity contribution in [3.05, 3.63) is 82.1 Å². The fraction of sp³-hybridized carbons (Fsp3) is 0.375. The van der Waals surface area contributed by atoms with Gasteiger partial charge in [-0.25, -0.2) is 9.18 Å². The van der Waals surface area contributed by atoms with Crippen molar-refractivity contribution in [2.24, 2.45) is 0 Å². The molecule has 2 aliphatic rings. The number of carbonyl (C=O) groups is 1. The molecular weight excluding hydrogens is 429 g/mol. The fourth-order valence-corrected chi connectivity index (χ4v) is 4.67. The Morgan fingerprint density at radius 1 is 1.16 bits per heavy atom. The van der Waals surface area contributed by atoms with Crippen LogP contribution < -0.4 is 5.32 Å². The number of likely N-dealkylation sites (tertiary alicyclic amines) is 1. The van der Waals surface area contributed by atoms with E-state index in [1.165, 1.54) is 12.1 Å². The second-order valence-corrected chi connectivity index (χ2v) is 9.13. The number of urea groups is 1. The maximum atomic E-state index is 13.3. The van der Waals surface area contributed by atoms with E-state index in [-0.39, 0.29) is 17.9 Å². The minimum absolute atomic E-state index is 0.104. The molecule has 2 fully saturated rings. The smallest absolute Gasteiger partial charge is 0.318 e. The predicted octanol–water partition coefficient (Wildman–Crippen LogP) is 4.96. The Bertz CT molecular complexity index is 1120. The number of amides is 2. The van der Waals surface area contributed by atoms with E-state index in [1.54, 1.807) is 12.1 Å². The first-order chi connectivity index (χ1) is 15.4. The predicted molar refractivity (Wildman–Crippen MR) is 120 cm³/mol. The molecule has 1 atom stereocenters. The summed E-state index contributed by atoms with van der Waals surface area (Å²) in [4.78, 5) is 15.2. The van der Waals surface area contributed by atoms with Crippen molar-refractivity contribution in [3.8, 4) is 0 Å². The van der Waals surface area contributed by atoms with Crippen LogP contribution in [0.4, 0.5) is 9.18 Å². The lowest BCUT2D eigenvalue weighted by atomic mass is 10.1. The standard InChI is InChI=1S/C24H25ClFN5O/c1-16-28-29-22(31(16)15-17-4-8-19(25)9-5-17)21-3-2-14-30(21)23(32)27-24(12-13-24)18-6-10-20(26)11-7-18/h4-11,21H,2-3,12-15H2,1H3,(H,27,32)/t21-/m1/s1. The maximum absolute atomic E-state index is 13.3. The van der Waals surface area contributed by atoms with Gasteiger partial charge in [-0.2, -0.15) is 0 Å². The Morgan fingerprint density at radius 2 is 1.88 bits per heavy atom. The molecule has 6 nitrogen and oxygen atoms in total. The number of nitrogens with zero attached hydrogens (tertiary/aromatic N) is 4. The molecule has 0 radical (unpaired) electrons. The van der Waals surface area contributed by atoms with Crippen LogP contribution in [0.1, 0.15) is 54.5 Å². The van der Waals surface area contributed by atoms with Crippen LogP contribution in [0.3, 0.4) is 0 Å². The minimum Gasteiger partial charge on any atom is -0.328 e. The van der Waals surface area contributed by atoms with Crippen molar-refractivity contribution in [3.63, 3.8) is 0 Å². The minimum atomic E-state index is -0.398. The van der Waals surface area contributed by atoms with Crippen molar-refractivity contribution < 1.29 is 9.18 Å². The molecule has 0 unspecified atom stereocenters. The molecule has 8 heteroatoms. The first-order valence-electron chi connectivity index (χ1n) is 10.9. The highest BCUT2D eigenvalue weighted by Crippen LogP contribution is 2.46. The third kappa shape index (κ3) is 3.97. The monoisotopic (exact) mass is 453 g/mol. The van der Waals surface area contributed by atoms with E-state index < -0.39 is 5.54 Å². The number of rotatable bonds is 5. The summed E-state index contributed by atoms with van der Waals surface area (Å²) in [5.41, 5.74) is 1.65. The summed E-state index contributed by atoms with van der Waals surface area (Å²) in [5, 5.41) is 12.7. The van der Waals surface area contributed by atoms with E-state index >= 15 is 0 Å². The quantitative estimate of drug-likeness (QED) is 0.593. The molecular formula is C24H25ClFN5O. The number of carbonyl (C=O) groups excluding carboxylic acids is 1. The van der Waals surface area contributed by atoms with Crippen LogP contribution >= 0.6 is 11.6 Å². The SMILES string of the molecule is Cc1nnc([C@H]2CCCN2C(=O)NC2(c3ccc(F)cc3)CC2)n1Cc1ccc(Cl)cc1. The van der Waals surface area contributed by atoms with Gasteiger partial charge < -0.3 is 14.8 Å². The molecule has 32 heavy (non-hydrogen) atoms. The molecule has 1 N–H and O–H groups in total. The van der Waals surface area contributed by atoms with Gasteiger partial charge in [0.05, 0.1) is 18.1 Å². The van der Waals surface area contributed by atoms with Crippen molar-refractivity contribution in [2.45, 2.75) is 50.7 Å². The van der Waals surface area contributed by atoms with Gasteiger partial charge in [-0.3, -0.25) is 0 Å². The summed E-state index contributed by atoms with van der Waals surface area (Å²) in [6, 6.07) is 13.9. The summed E-state index contributed by atoms with van der Waals surface area (Å²) in [5.74, 6) is 1.34. The lowest BCUT2D eigenvalue weighted by Crippen LogP contribution is -2.45. The van der Waals surface area contributed by atoms with Gasteiger partial charge in [0.15, 0.2) is 5.82 Å². The van der Waals surface area contributed by atoms with Crippen molar-refractivity contribution in [1.82, 2.24) is 25.0 Å². The fourth-order valence-electron chi connectivity index (χ4n) is 4.55. The van der Waals surface area contributed by atoms with Gasteiger partial charge in [-0.15, -0.1) is 10.2 Å². The van der Waals surface area contributed by atoms with Crippen LogP contribution in [0.5, 0.6) is 0 Å². The molecule has 0 bridgehead atoms. The first-order valence-corrected chi connectivity index (χ1v) is 11.3. The summed E-state index contributed by atoms with van der Waals surface area (Å²) in [6.07, 6.45) is 3.47. The zero-order valence-corrected chi connectivity index (χ0v) is 18.6. The summed E-state index contributed by atoms with van der Waals surface area (Å²) in [7, 11) is 0. The lowest BCUT2D eigenvalue weighted by molar-refractivity contribution is 0.184. The Hall–Kier alpha value is -2.93. The largest absolute Gasteiger partial charge is 0.328 e. The Kier molecular flexibility index (Phi) is 5.37. The molecule has 1 aliphatic heterocycles. The highest BCUT2D eigenvalue weighted by Gasteiger charge is 2.47. The molecule has 2 aromatic carbocycles. The second kappa shape index (κ2) is 8.20. The highest BCUT2D eigenvalue weighted by molar-refractivity contribution is 6.30. The molecule has 3 aromatic rings. The normalized spacial score (nSPS) is 19.2. The van der Waals surface area contributed by atoms with Gasteiger partial charge in [-0.05, 0) is 68.0 Å². The molecule has 5 rings (SSSR count). The van der Waals surface area contributed by atoms with E-state index in [4.69, 9.17) is 11.6 Å². The van der Waals surface area contributed by atoms with Crippen molar-refractivity contribution >= 4 is 17.6 Å². The van der Waals surface area contributed by atoms with Gasteiger partial charge in [0.25, 0.3) is 0 Å². The number of aryl methyl sites for hydroxylation is 1. The highest BCUT2D eigenvalue weighted by atomic mass is 35.5. The number of benzene rings is 2. The van der Waals surface area contributed by atoms with Crippen LogP contribution in [0.2, 0.25) is 5.02 Å². The second-order valence-electron chi connectivity index (χ2n) is 8.69. The average Bonchev–Trinajstić information content (AvgIpc) is 3.23. The van der Waals surface area contributed by atoms with Gasteiger partial charge in [0.2, 0.25) is 0 Å². The van der Waals surface area contributed by atoms with Gasteiger partial charge in [0.1, 0.15) is 11.6 Å². The van der Waals surface area contributed by atoms with Crippen molar-refractivity contribution in [2.75, 3.05) is 6.54 Å². The summed E-state index contributed by atoms with van der Waals surface area (Å²) >= 11 is 6.02. The van der Waals surface area contributed by atoms with Crippen LogP contribution in [0, 0.1) is 12.7 Å². The Balaban J connectivity index is 1.35. The average molecular weight is 454 g/mol. The number of nitrogens with one attached hydrogen (secondary N) is 1. The molecule has 1 saturated heterocycles. The van der Waals surface area contributed by atoms with E-state index in [0.29, 0.717) is 18.1 Å².